The molecule has 22 heavy (non-hydrogen) atoms. The Labute approximate surface area is 137 Å². The highest BCUT2D eigenvalue weighted by molar-refractivity contribution is 5.49. The highest BCUT2D eigenvalue weighted by Gasteiger charge is 2.16. The van der Waals surface area contributed by atoms with E-state index in [4.69, 9.17) is 9.47 Å². The Morgan fingerprint density at radius 2 is 1.09 bits per heavy atom. The van der Waals surface area contributed by atoms with Crippen LogP contribution in [0.15, 0.2) is 12.1 Å². The molecule has 0 bridgehead atoms. The highest BCUT2D eigenvalue weighted by atomic mass is 16.5. The van der Waals surface area contributed by atoms with Crippen LogP contribution in [0, 0.1) is 0 Å². The van der Waals surface area contributed by atoms with Gasteiger partial charge in [-0.15, -0.1) is 0 Å². The second-order valence-electron chi connectivity index (χ2n) is 6.64. The lowest BCUT2D eigenvalue weighted by atomic mass is 9.95. The molecule has 0 aliphatic rings. The van der Waals surface area contributed by atoms with Crippen LogP contribution in [0.25, 0.3) is 0 Å². The summed E-state index contributed by atoms with van der Waals surface area (Å²) in [6.45, 7) is 14.8. The maximum absolute atomic E-state index is 6.05. The number of unbranched alkanes of at least 4 members (excludes halogenated alkanes) is 2. The molecular formula is C20H34O2. The van der Waals surface area contributed by atoms with Gasteiger partial charge in [-0.1, -0.05) is 54.4 Å². The van der Waals surface area contributed by atoms with Crippen molar-refractivity contribution in [1.82, 2.24) is 0 Å². The van der Waals surface area contributed by atoms with Gasteiger partial charge in [-0.05, 0) is 36.8 Å². The Bertz CT molecular complexity index is 394. The largest absolute Gasteiger partial charge is 0.493 e. The Kier molecular flexibility index (Phi) is 8.37. The van der Waals surface area contributed by atoms with Gasteiger partial charge in [-0.3, -0.25) is 0 Å². The molecular weight excluding hydrogens is 272 g/mol. The summed E-state index contributed by atoms with van der Waals surface area (Å²) in [5, 5.41) is 0. The van der Waals surface area contributed by atoms with E-state index in [-0.39, 0.29) is 0 Å². The molecule has 1 aromatic rings. The number of rotatable bonds is 10. The SMILES string of the molecule is CCCCOc1cc(C(C)C)c(OCCCC)cc1C(C)C. The van der Waals surface area contributed by atoms with Crippen LogP contribution in [-0.4, -0.2) is 13.2 Å². The molecule has 0 aromatic heterocycles. The summed E-state index contributed by atoms with van der Waals surface area (Å²) < 4.78 is 12.1. The van der Waals surface area contributed by atoms with Crippen LogP contribution in [0.3, 0.4) is 0 Å². The summed E-state index contributed by atoms with van der Waals surface area (Å²) in [6.07, 6.45) is 4.52. The third-order valence-corrected chi connectivity index (χ3v) is 3.90. The molecule has 0 amide bonds. The molecule has 1 aromatic carbocycles. The smallest absolute Gasteiger partial charge is 0.123 e. The van der Waals surface area contributed by atoms with Gasteiger partial charge in [0.1, 0.15) is 11.5 Å². The van der Waals surface area contributed by atoms with Crippen molar-refractivity contribution in [2.75, 3.05) is 13.2 Å². The van der Waals surface area contributed by atoms with Crippen LogP contribution in [-0.2, 0) is 0 Å². The van der Waals surface area contributed by atoms with Crippen molar-refractivity contribution >= 4 is 0 Å². The highest BCUT2D eigenvalue weighted by Crippen LogP contribution is 2.37. The quantitative estimate of drug-likeness (QED) is 0.473. The van der Waals surface area contributed by atoms with Gasteiger partial charge in [-0.25, -0.2) is 0 Å². The average molecular weight is 306 g/mol. The van der Waals surface area contributed by atoms with Crippen LogP contribution in [0.5, 0.6) is 11.5 Å². The molecule has 0 atom stereocenters. The van der Waals surface area contributed by atoms with Crippen LogP contribution in [0.1, 0.15) is 90.2 Å². The van der Waals surface area contributed by atoms with Gasteiger partial charge in [0.2, 0.25) is 0 Å². The van der Waals surface area contributed by atoms with Gasteiger partial charge in [-0.2, -0.15) is 0 Å². The minimum absolute atomic E-state index is 0.436. The third-order valence-electron chi connectivity index (χ3n) is 3.90. The monoisotopic (exact) mass is 306 g/mol. The fraction of sp³-hybridized carbons (Fsp3) is 0.700. The number of ether oxygens (including phenoxy) is 2. The Morgan fingerprint density at radius 3 is 1.36 bits per heavy atom. The third kappa shape index (κ3) is 5.55. The molecule has 2 nitrogen and oxygen atoms in total. The molecule has 0 radical (unpaired) electrons. The van der Waals surface area contributed by atoms with E-state index in [0.29, 0.717) is 11.8 Å². The predicted molar refractivity (Wildman–Crippen MR) is 95.4 cm³/mol. The van der Waals surface area contributed by atoms with Crippen molar-refractivity contribution in [3.8, 4) is 11.5 Å². The lowest BCUT2D eigenvalue weighted by Gasteiger charge is -2.21. The summed E-state index contributed by atoms with van der Waals surface area (Å²) in [5.41, 5.74) is 2.51. The van der Waals surface area contributed by atoms with E-state index in [1.807, 2.05) is 0 Å². The second-order valence-corrected chi connectivity index (χ2v) is 6.64. The maximum Gasteiger partial charge on any atom is 0.123 e. The molecule has 0 aliphatic carbocycles. The summed E-state index contributed by atoms with van der Waals surface area (Å²) in [5.74, 6) is 2.95. The normalized spacial score (nSPS) is 11.3. The fourth-order valence-corrected chi connectivity index (χ4v) is 2.40. The predicted octanol–water partition coefficient (Wildman–Crippen LogP) is 6.29. The summed E-state index contributed by atoms with van der Waals surface area (Å²) >= 11 is 0. The molecule has 0 saturated carbocycles. The summed E-state index contributed by atoms with van der Waals surface area (Å²) in [6, 6.07) is 4.41. The van der Waals surface area contributed by atoms with E-state index in [9.17, 15) is 0 Å². The number of hydrogen-bond donors (Lipinski definition) is 0. The first-order chi connectivity index (χ1) is 10.5. The maximum atomic E-state index is 6.05. The van der Waals surface area contributed by atoms with Gasteiger partial charge in [0.25, 0.3) is 0 Å². The van der Waals surface area contributed by atoms with Crippen LogP contribution in [0.2, 0.25) is 0 Å². The van der Waals surface area contributed by atoms with Crippen molar-refractivity contribution in [2.24, 2.45) is 0 Å². The first-order valence-corrected chi connectivity index (χ1v) is 8.94. The average Bonchev–Trinajstić information content (AvgIpc) is 2.47. The fourth-order valence-electron chi connectivity index (χ4n) is 2.40. The van der Waals surface area contributed by atoms with Gasteiger partial charge in [0.15, 0.2) is 0 Å². The van der Waals surface area contributed by atoms with Crippen LogP contribution in [0.4, 0.5) is 0 Å². The van der Waals surface area contributed by atoms with E-state index < -0.39 is 0 Å². The second kappa shape index (κ2) is 9.76. The van der Waals surface area contributed by atoms with Crippen LogP contribution < -0.4 is 9.47 Å². The van der Waals surface area contributed by atoms with Gasteiger partial charge >= 0.3 is 0 Å². The molecule has 2 heteroatoms. The first-order valence-electron chi connectivity index (χ1n) is 8.94. The van der Waals surface area contributed by atoms with Crippen molar-refractivity contribution in [3.05, 3.63) is 23.3 Å². The van der Waals surface area contributed by atoms with E-state index in [2.05, 4.69) is 53.7 Å². The molecule has 0 N–H and O–H groups in total. The topological polar surface area (TPSA) is 18.5 Å². The molecule has 0 heterocycles. The lowest BCUT2D eigenvalue weighted by molar-refractivity contribution is 0.294. The molecule has 1 rings (SSSR count). The van der Waals surface area contributed by atoms with E-state index >= 15 is 0 Å². The molecule has 0 unspecified atom stereocenters. The van der Waals surface area contributed by atoms with Crippen molar-refractivity contribution < 1.29 is 9.47 Å². The molecule has 0 aliphatic heterocycles. The van der Waals surface area contributed by atoms with E-state index in [1.165, 1.54) is 11.1 Å². The molecule has 0 saturated heterocycles. The zero-order valence-corrected chi connectivity index (χ0v) is 15.4. The first kappa shape index (κ1) is 18.9. The molecule has 0 spiro atoms. The van der Waals surface area contributed by atoms with Gasteiger partial charge in [0.05, 0.1) is 13.2 Å². The van der Waals surface area contributed by atoms with E-state index in [0.717, 1.165) is 50.4 Å². The minimum atomic E-state index is 0.436. The van der Waals surface area contributed by atoms with Crippen LogP contribution >= 0.6 is 0 Å². The standard InChI is InChI=1S/C20H34O2/c1-7-9-11-21-19-13-18(16(5)6)20(22-12-10-8-2)14-17(19)15(3)4/h13-16H,7-12H2,1-6H3. The Morgan fingerprint density at radius 1 is 0.727 bits per heavy atom. The van der Waals surface area contributed by atoms with Gasteiger partial charge in [0, 0.05) is 11.1 Å². The van der Waals surface area contributed by atoms with E-state index in [1.54, 1.807) is 0 Å². The Hall–Kier alpha value is -1.18. The zero-order chi connectivity index (χ0) is 16.5. The van der Waals surface area contributed by atoms with Crippen molar-refractivity contribution in [1.29, 1.82) is 0 Å². The van der Waals surface area contributed by atoms with Gasteiger partial charge < -0.3 is 9.47 Å². The summed E-state index contributed by atoms with van der Waals surface area (Å²) in [4.78, 5) is 0. The van der Waals surface area contributed by atoms with Crippen molar-refractivity contribution in [3.63, 3.8) is 0 Å². The van der Waals surface area contributed by atoms with Crippen molar-refractivity contribution in [2.45, 2.75) is 79.1 Å². The number of hydrogen-bond acceptors (Lipinski definition) is 2. The lowest BCUT2D eigenvalue weighted by Crippen LogP contribution is -2.06. The Balaban J connectivity index is 3.07. The molecule has 126 valence electrons. The summed E-state index contributed by atoms with van der Waals surface area (Å²) in [7, 11) is 0. The number of benzene rings is 1. The minimum Gasteiger partial charge on any atom is -0.493 e. The zero-order valence-electron chi connectivity index (χ0n) is 15.4. The molecule has 0 fully saturated rings.